The van der Waals surface area contributed by atoms with E-state index in [2.05, 4.69) is 45.7 Å². The summed E-state index contributed by atoms with van der Waals surface area (Å²) in [4.78, 5) is 29.7. The molecule has 2 aromatic rings. The predicted octanol–water partition coefficient (Wildman–Crippen LogP) is 3.68. The fourth-order valence-electron chi connectivity index (χ4n) is 4.83. The van der Waals surface area contributed by atoms with Gasteiger partial charge in [0.15, 0.2) is 0 Å². The van der Waals surface area contributed by atoms with E-state index in [0.717, 1.165) is 38.0 Å². The molecule has 0 bridgehead atoms. The lowest BCUT2D eigenvalue weighted by molar-refractivity contribution is -0.139. The van der Waals surface area contributed by atoms with E-state index >= 15 is 0 Å². The van der Waals surface area contributed by atoms with Gasteiger partial charge in [-0.05, 0) is 73.7 Å². The number of hydrogen-bond donors (Lipinski definition) is 2. The van der Waals surface area contributed by atoms with Crippen molar-refractivity contribution >= 4 is 29.1 Å². The second-order valence-electron chi connectivity index (χ2n) is 9.04. The second kappa shape index (κ2) is 11.0. The van der Waals surface area contributed by atoms with Crippen LogP contribution in [0, 0.1) is 0 Å². The maximum absolute atomic E-state index is 12.5. The van der Waals surface area contributed by atoms with Crippen LogP contribution in [0.25, 0.3) is 0 Å². The van der Waals surface area contributed by atoms with Crippen LogP contribution in [0.1, 0.15) is 48.4 Å². The normalized spacial score (nSPS) is 17.2. The molecule has 0 unspecified atom stereocenters. The van der Waals surface area contributed by atoms with Crippen molar-refractivity contribution in [1.82, 2.24) is 15.5 Å². The number of piperidine rings is 1. The van der Waals surface area contributed by atoms with Crippen molar-refractivity contribution in [2.45, 2.75) is 44.7 Å². The minimum atomic E-state index is -0.616. The first-order chi connectivity index (χ1) is 16.0. The number of fused-ring (bicyclic) bond motifs is 1. The molecule has 0 radical (unpaired) electrons. The SMILES string of the molecule is CN1CCCc2cc([C@H](CNC(=O)C(=O)NCc3ccc(Cl)cc3)N3CCCCC3)ccc21. The summed E-state index contributed by atoms with van der Waals surface area (Å²) in [6.45, 7) is 3.82. The maximum Gasteiger partial charge on any atom is 0.309 e. The fraction of sp³-hybridized carbons (Fsp3) is 0.462. The number of carbonyl (C=O) groups is 2. The van der Waals surface area contributed by atoms with Gasteiger partial charge in [0.25, 0.3) is 0 Å². The number of anilines is 1. The zero-order valence-corrected chi connectivity index (χ0v) is 20.0. The molecule has 1 saturated heterocycles. The number of hydrogen-bond acceptors (Lipinski definition) is 4. The Kier molecular flexibility index (Phi) is 7.89. The largest absolute Gasteiger partial charge is 0.374 e. The number of nitrogens with one attached hydrogen (secondary N) is 2. The first-order valence-corrected chi connectivity index (χ1v) is 12.3. The van der Waals surface area contributed by atoms with E-state index in [1.807, 2.05) is 12.1 Å². The summed E-state index contributed by atoms with van der Waals surface area (Å²) < 4.78 is 0. The standard InChI is InChI=1S/C26H33ClN4O2/c1-30-13-5-6-20-16-21(9-12-23(20)30)24(31-14-3-2-4-15-31)18-29-26(33)25(32)28-17-19-7-10-22(27)11-8-19/h7-12,16,24H,2-6,13-15,17-18H2,1H3,(H,28,32)(H,29,33)/t24-/m0/s1. The van der Waals surface area contributed by atoms with Gasteiger partial charge in [0.2, 0.25) is 0 Å². The summed E-state index contributed by atoms with van der Waals surface area (Å²) >= 11 is 5.90. The molecule has 1 atom stereocenters. The molecule has 2 aliphatic heterocycles. The van der Waals surface area contributed by atoms with Crippen molar-refractivity contribution in [3.05, 3.63) is 64.2 Å². The van der Waals surface area contributed by atoms with Crippen LogP contribution in [0.5, 0.6) is 0 Å². The number of halogens is 1. The van der Waals surface area contributed by atoms with Gasteiger partial charge in [0.05, 0.1) is 6.04 Å². The van der Waals surface area contributed by atoms with Crippen molar-refractivity contribution in [3.63, 3.8) is 0 Å². The Hall–Kier alpha value is -2.57. The lowest BCUT2D eigenvalue weighted by atomic mass is 9.95. The zero-order chi connectivity index (χ0) is 23.2. The lowest BCUT2D eigenvalue weighted by Gasteiger charge is -2.36. The third kappa shape index (κ3) is 6.06. The summed E-state index contributed by atoms with van der Waals surface area (Å²) in [6, 6.07) is 14.0. The molecule has 6 nitrogen and oxygen atoms in total. The van der Waals surface area contributed by atoms with Crippen LogP contribution in [0.3, 0.4) is 0 Å². The average Bonchev–Trinajstić information content (AvgIpc) is 2.84. The van der Waals surface area contributed by atoms with Crippen LogP contribution < -0.4 is 15.5 Å². The van der Waals surface area contributed by atoms with Gasteiger partial charge in [0.1, 0.15) is 0 Å². The Morgan fingerprint density at radius 1 is 0.939 bits per heavy atom. The molecule has 2 heterocycles. The van der Waals surface area contributed by atoms with Gasteiger partial charge in [-0.25, -0.2) is 0 Å². The Bertz CT molecular complexity index is 973. The molecule has 2 amide bonds. The Labute approximate surface area is 201 Å². The number of benzene rings is 2. The first-order valence-electron chi connectivity index (χ1n) is 11.9. The Morgan fingerprint density at radius 2 is 1.67 bits per heavy atom. The first kappa shape index (κ1) is 23.6. The van der Waals surface area contributed by atoms with E-state index in [1.54, 1.807) is 12.1 Å². The molecule has 2 N–H and O–H groups in total. The van der Waals surface area contributed by atoms with Crippen molar-refractivity contribution in [2.75, 3.05) is 38.1 Å². The summed E-state index contributed by atoms with van der Waals surface area (Å²) in [5, 5.41) is 6.22. The number of nitrogens with zero attached hydrogens (tertiary/aromatic N) is 2. The number of amides is 2. The molecule has 1 fully saturated rings. The fourth-order valence-corrected chi connectivity index (χ4v) is 4.96. The van der Waals surface area contributed by atoms with Gasteiger partial charge in [-0.2, -0.15) is 0 Å². The Balaban J connectivity index is 1.40. The van der Waals surface area contributed by atoms with Gasteiger partial charge in [0, 0.05) is 37.4 Å². The van der Waals surface area contributed by atoms with E-state index in [0.29, 0.717) is 11.6 Å². The maximum atomic E-state index is 12.5. The summed E-state index contributed by atoms with van der Waals surface area (Å²) in [5.74, 6) is -1.21. The second-order valence-corrected chi connectivity index (χ2v) is 9.48. The van der Waals surface area contributed by atoms with Crippen LogP contribution in [0.15, 0.2) is 42.5 Å². The van der Waals surface area contributed by atoms with Gasteiger partial charge < -0.3 is 15.5 Å². The van der Waals surface area contributed by atoms with Crippen LogP contribution in [-0.2, 0) is 22.6 Å². The summed E-state index contributed by atoms with van der Waals surface area (Å²) in [7, 11) is 2.14. The van der Waals surface area contributed by atoms with Crippen molar-refractivity contribution < 1.29 is 9.59 Å². The minimum Gasteiger partial charge on any atom is -0.374 e. The number of aryl methyl sites for hydroxylation is 1. The lowest BCUT2D eigenvalue weighted by Crippen LogP contribution is -2.45. The summed E-state index contributed by atoms with van der Waals surface area (Å²) in [6.07, 6.45) is 5.82. The molecule has 7 heteroatoms. The smallest absolute Gasteiger partial charge is 0.309 e. The summed E-state index contributed by atoms with van der Waals surface area (Å²) in [5.41, 5.74) is 4.78. The number of likely N-dealkylation sites (tertiary alicyclic amines) is 1. The topological polar surface area (TPSA) is 64.7 Å². The van der Waals surface area contributed by atoms with E-state index < -0.39 is 11.8 Å². The highest BCUT2D eigenvalue weighted by Gasteiger charge is 2.25. The third-order valence-corrected chi connectivity index (χ3v) is 6.95. The highest BCUT2D eigenvalue weighted by atomic mass is 35.5. The molecule has 33 heavy (non-hydrogen) atoms. The van der Waals surface area contributed by atoms with Crippen molar-refractivity contribution in [2.24, 2.45) is 0 Å². The van der Waals surface area contributed by atoms with E-state index in [9.17, 15) is 9.59 Å². The van der Waals surface area contributed by atoms with E-state index in [4.69, 9.17) is 11.6 Å². The molecule has 0 spiro atoms. The van der Waals surface area contributed by atoms with Crippen molar-refractivity contribution in [1.29, 1.82) is 0 Å². The van der Waals surface area contributed by atoms with Crippen LogP contribution >= 0.6 is 11.6 Å². The van der Waals surface area contributed by atoms with Gasteiger partial charge in [-0.3, -0.25) is 14.5 Å². The molecule has 0 saturated carbocycles. The van der Waals surface area contributed by atoms with Crippen molar-refractivity contribution in [3.8, 4) is 0 Å². The molecule has 4 rings (SSSR count). The minimum absolute atomic E-state index is 0.0656. The van der Waals surface area contributed by atoms with Crippen LogP contribution in [0.2, 0.25) is 5.02 Å². The van der Waals surface area contributed by atoms with E-state index in [1.165, 1.54) is 36.1 Å². The zero-order valence-electron chi connectivity index (χ0n) is 19.3. The Morgan fingerprint density at radius 3 is 2.42 bits per heavy atom. The average molecular weight is 469 g/mol. The highest BCUT2D eigenvalue weighted by molar-refractivity contribution is 6.35. The van der Waals surface area contributed by atoms with Crippen LogP contribution in [-0.4, -0.2) is 49.9 Å². The van der Waals surface area contributed by atoms with Gasteiger partial charge >= 0.3 is 11.8 Å². The molecule has 0 aliphatic carbocycles. The molecule has 176 valence electrons. The number of carbonyl (C=O) groups excluding carboxylic acids is 2. The van der Waals surface area contributed by atoms with E-state index in [-0.39, 0.29) is 12.6 Å². The third-order valence-electron chi connectivity index (χ3n) is 6.70. The predicted molar refractivity (Wildman–Crippen MR) is 133 cm³/mol. The van der Waals surface area contributed by atoms with Gasteiger partial charge in [-0.1, -0.05) is 42.3 Å². The molecule has 2 aromatic carbocycles. The highest BCUT2D eigenvalue weighted by Crippen LogP contribution is 2.31. The van der Waals surface area contributed by atoms with Gasteiger partial charge in [-0.15, -0.1) is 0 Å². The molecular formula is C26H33ClN4O2. The monoisotopic (exact) mass is 468 g/mol. The molecule has 2 aliphatic rings. The van der Waals surface area contributed by atoms with Crippen LogP contribution in [0.4, 0.5) is 5.69 Å². The number of rotatable bonds is 6. The molecule has 0 aromatic heterocycles. The molecular weight excluding hydrogens is 436 g/mol. The quantitative estimate of drug-likeness (QED) is 0.635.